The summed E-state index contributed by atoms with van der Waals surface area (Å²) in [5, 5.41) is 8.71. The highest BCUT2D eigenvalue weighted by Gasteiger charge is 2.11. The maximum absolute atomic E-state index is 12.3. The molecular weight excluding hydrogens is 420 g/mol. The first-order valence-corrected chi connectivity index (χ1v) is 10.3. The van der Waals surface area contributed by atoms with Crippen LogP contribution >= 0.6 is 22.9 Å². The molecule has 5 aromatic rings. The highest BCUT2D eigenvalue weighted by atomic mass is 35.5. The Morgan fingerprint density at radius 2 is 1.83 bits per heavy atom. The first-order valence-electron chi connectivity index (χ1n) is 9.00. The van der Waals surface area contributed by atoms with E-state index in [2.05, 4.69) is 20.5 Å². The molecule has 5 rings (SSSR count). The van der Waals surface area contributed by atoms with Crippen LogP contribution < -0.4 is 11.1 Å². The number of anilines is 1. The summed E-state index contributed by atoms with van der Waals surface area (Å²) in [5.41, 5.74) is 5.44. The van der Waals surface area contributed by atoms with Crippen LogP contribution in [0.1, 0.15) is 5.56 Å². The number of rotatable bonds is 4. The fourth-order valence-corrected chi connectivity index (χ4v) is 3.90. The van der Waals surface area contributed by atoms with Gasteiger partial charge in [0.05, 0.1) is 23.0 Å². The third kappa shape index (κ3) is 3.56. The predicted octanol–water partition coefficient (Wildman–Crippen LogP) is 5.56. The Kier molecular flexibility index (Phi) is 4.74. The Bertz CT molecular complexity index is 1480. The molecule has 146 valence electrons. The highest BCUT2D eigenvalue weighted by Crippen LogP contribution is 2.25. The van der Waals surface area contributed by atoms with Crippen molar-refractivity contribution in [3.05, 3.63) is 87.2 Å². The second-order valence-electron chi connectivity index (χ2n) is 6.45. The summed E-state index contributed by atoms with van der Waals surface area (Å²) < 4.78 is 5.38. The lowest BCUT2D eigenvalue weighted by atomic mass is 10.1. The number of halogens is 1. The Morgan fingerprint density at radius 1 is 1.03 bits per heavy atom. The Labute approximate surface area is 179 Å². The molecule has 0 aliphatic heterocycles. The molecule has 8 heteroatoms. The minimum absolute atomic E-state index is 0.368. The van der Waals surface area contributed by atoms with Gasteiger partial charge in [0.15, 0.2) is 0 Å². The van der Waals surface area contributed by atoms with E-state index in [0.717, 1.165) is 16.3 Å². The lowest BCUT2D eigenvalue weighted by Crippen LogP contribution is -2.02. The number of aromatic nitrogens is 2. The molecular formula is C22H13ClN4O2S. The van der Waals surface area contributed by atoms with Crippen molar-refractivity contribution < 1.29 is 4.42 Å². The molecule has 3 aromatic heterocycles. The van der Waals surface area contributed by atoms with Crippen molar-refractivity contribution in [2.75, 3.05) is 5.43 Å². The van der Waals surface area contributed by atoms with Gasteiger partial charge >= 0.3 is 5.63 Å². The quantitative estimate of drug-likeness (QED) is 0.174. The van der Waals surface area contributed by atoms with E-state index in [4.69, 9.17) is 16.0 Å². The summed E-state index contributed by atoms with van der Waals surface area (Å²) in [6.45, 7) is 0. The van der Waals surface area contributed by atoms with Crippen LogP contribution in [0.15, 0.2) is 80.4 Å². The number of thiazole rings is 1. The molecule has 30 heavy (non-hydrogen) atoms. The molecule has 0 unspecified atom stereocenters. The molecule has 0 saturated heterocycles. The standard InChI is InChI=1S/C22H13ClN4O2S/c23-20-15(9-13-5-1-3-7-17(13)25-20)11-24-27-22-26-18(12-30-22)16-10-14-6-2-4-8-19(14)29-21(16)28/h1-12H,(H,26,27)/b24-11+. The zero-order valence-corrected chi connectivity index (χ0v) is 16.9. The van der Waals surface area contributed by atoms with E-state index in [9.17, 15) is 4.79 Å². The van der Waals surface area contributed by atoms with Gasteiger partial charge in [-0.15, -0.1) is 11.3 Å². The van der Waals surface area contributed by atoms with E-state index in [-0.39, 0.29) is 0 Å². The molecule has 1 N–H and O–H groups in total. The van der Waals surface area contributed by atoms with E-state index in [0.29, 0.717) is 32.7 Å². The Balaban J connectivity index is 1.39. The molecule has 0 amide bonds. The topological polar surface area (TPSA) is 80.4 Å². The second kappa shape index (κ2) is 7.70. The molecule has 0 radical (unpaired) electrons. The first-order chi connectivity index (χ1) is 14.7. The maximum Gasteiger partial charge on any atom is 0.345 e. The fourth-order valence-electron chi connectivity index (χ4n) is 3.05. The molecule has 0 spiro atoms. The van der Waals surface area contributed by atoms with Gasteiger partial charge in [0.25, 0.3) is 0 Å². The molecule has 0 aliphatic carbocycles. The van der Waals surface area contributed by atoms with Gasteiger partial charge in [0, 0.05) is 21.7 Å². The summed E-state index contributed by atoms with van der Waals surface area (Å²) >= 11 is 7.58. The van der Waals surface area contributed by atoms with Crippen molar-refractivity contribution in [1.29, 1.82) is 0 Å². The van der Waals surface area contributed by atoms with Crippen LogP contribution in [0.25, 0.3) is 33.1 Å². The second-order valence-corrected chi connectivity index (χ2v) is 7.67. The number of hydrogen-bond acceptors (Lipinski definition) is 7. The number of nitrogens with zero attached hydrogens (tertiary/aromatic N) is 3. The molecule has 2 aromatic carbocycles. The molecule has 0 fully saturated rings. The minimum Gasteiger partial charge on any atom is -0.422 e. The average molecular weight is 433 g/mol. The van der Waals surface area contributed by atoms with Gasteiger partial charge in [0.2, 0.25) is 5.13 Å². The SMILES string of the molecule is O=c1oc2ccccc2cc1-c1csc(N/N=C/c2cc3ccccc3nc2Cl)n1. The number of para-hydroxylation sites is 2. The maximum atomic E-state index is 12.3. The summed E-state index contributed by atoms with van der Waals surface area (Å²) in [6, 6.07) is 18.8. The van der Waals surface area contributed by atoms with E-state index < -0.39 is 5.63 Å². The van der Waals surface area contributed by atoms with Crippen LogP contribution in [0.3, 0.4) is 0 Å². The van der Waals surface area contributed by atoms with Crippen LogP contribution in [0.4, 0.5) is 5.13 Å². The highest BCUT2D eigenvalue weighted by molar-refractivity contribution is 7.14. The van der Waals surface area contributed by atoms with Crippen molar-refractivity contribution in [3.63, 3.8) is 0 Å². The minimum atomic E-state index is -0.428. The van der Waals surface area contributed by atoms with E-state index in [1.165, 1.54) is 11.3 Å². The molecule has 0 saturated carbocycles. The Morgan fingerprint density at radius 3 is 2.73 bits per heavy atom. The average Bonchev–Trinajstić information content (AvgIpc) is 3.22. The largest absolute Gasteiger partial charge is 0.422 e. The van der Waals surface area contributed by atoms with Gasteiger partial charge in [-0.05, 0) is 24.3 Å². The van der Waals surface area contributed by atoms with Gasteiger partial charge < -0.3 is 4.42 Å². The van der Waals surface area contributed by atoms with Crippen molar-refractivity contribution in [2.24, 2.45) is 5.10 Å². The van der Waals surface area contributed by atoms with Gasteiger partial charge in [-0.2, -0.15) is 5.10 Å². The third-order valence-electron chi connectivity index (χ3n) is 4.49. The van der Waals surface area contributed by atoms with Gasteiger partial charge in [-0.25, -0.2) is 14.8 Å². The van der Waals surface area contributed by atoms with Crippen LogP contribution in [-0.4, -0.2) is 16.2 Å². The summed E-state index contributed by atoms with van der Waals surface area (Å²) in [6.07, 6.45) is 1.59. The fraction of sp³-hybridized carbons (Fsp3) is 0. The Hall–Kier alpha value is -3.55. The zero-order chi connectivity index (χ0) is 20.5. The molecule has 6 nitrogen and oxygen atoms in total. The van der Waals surface area contributed by atoms with Crippen molar-refractivity contribution >= 4 is 56.2 Å². The molecule has 3 heterocycles. The van der Waals surface area contributed by atoms with Crippen molar-refractivity contribution in [3.8, 4) is 11.3 Å². The van der Waals surface area contributed by atoms with Crippen LogP contribution in [0.2, 0.25) is 5.15 Å². The van der Waals surface area contributed by atoms with Gasteiger partial charge in [-0.3, -0.25) is 5.43 Å². The normalized spacial score (nSPS) is 11.5. The first kappa shape index (κ1) is 18.5. The smallest absolute Gasteiger partial charge is 0.345 e. The van der Waals surface area contributed by atoms with Gasteiger partial charge in [0.1, 0.15) is 10.7 Å². The van der Waals surface area contributed by atoms with Crippen LogP contribution in [0.5, 0.6) is 0 Å². The summed E-state index contributed by atoms with van der Waals surface area (Å²) in [4.78, 5) is 21.1. The summed E-state index contributed by atoms with van der Waals surface area (Å²) in [7, 11) is 0. The monoisotopic (exact) mass is 432 g/mol. The van der Waals surface area contributed by atoms with E-state index in [1.54, 1.807) is 23.7 Å². The summed E-state index contributed by atoms with van der Waals surface area (Å²) in [5.74, 6) is 0. The van der Waals surface area contributed by atoms with Crippen LogP contribution in [-0.2, 0) is 0 Å². The number of pyridine rings is 1. The number of fused-ring (bicyclic) bond motifs is 2. The van der Waals surface area contributed by atoms with Crippen LogP contribution in [0, 0.1) is 0 Å². The number of nitrogens with one attached hydrogen (secondary N) is 1. The molecule has 0 bridgehead atoms. The number of hydrazone groups is 1. The molecule has 0 aliphatic rings. The van der Waals surface area contributed by atoms with Gasteiger partial charge in [-0.1, -0.05) is 48.0 Å². The van der Waals surface area contributed by atoms with Crippen molar-refractivity contribution in [2.45, 2.75) is 0 Å². The number of benzene rings is 2. The zero-order valence-electron chi connectivity index (χ0n) is 15.4. The lowest BCUT2D eigenvalue weighted by molar-refractivity contribution is 0.563. The van der Waals surface area contributed by atoms with E-state index >= 15 is 0 Å². The third-order valence-corrected chi connectivity index (χ3v) is 5.54. The van der Waals surface area contributed by atoms with Crippen molar-refractivity contribution in [1.82, 2.24) is 9.97 Å². The predicted molar refractivity (Wildman–Crippen MR) is 122 cm³/mol. The number of hydrogen-bond donors (Lipinski definition) is 1. The lowest BCUT2D eigenvalue weighted by Gasteiger charge is -2.01. The van der Waals surface area contributed by atoms with E-state index in [1.807, 2.05) is 48.5 Å². The molecule has 0 atom stereocenters.